The third kappa shape index (κ3) is 6.66. The summed E-state index contributed by atoms with van der Waals surface area (Å²) in [5.74, 6) is 2.30. The molecule has 0 atom stereocenters. The normalized spacial score (nSPS) is 9.75. The molecule has 0 aliphatic carbocycles. The van der Waals surface area contributed by atoms with Crippen molar-refractivity contribution in [2.24, 2.45) is 0 Å². The monoisotopic (exact) mass is 152 g/mol. The molecule has 0 fully saturated rings. The third-order valence-corrected chi connectivity index (χ3v) is 3.01. The average Bonchev–Trinajstić information content (AvgIpc) is 1.81. The van der Waals surface area contributed by atoms with Gasteiger partial charge >= 0.3 is 0 Å². The lowest BCUT2D eigenvalue weighted by atomic mass is 10.9. The molecule has 0 amide bonds. The van der Waals surface area contributed by atoms with Crippen LogP contribution in [0.15, 0.2) is 0 Å². The zero-order valence-electron chi connectivity index (χ0n) is 5.35. The van der Waals surface area contributed by atoms with Crippen LogP contribution in [0.5, 0.6) is 0 Å². The summed E-state index contributed by atoms with van der Waals surface area (Å²) in [5.41, 5.74) is 0. The van der Waals surface area contributed by atoms with Crippen LogP contribution in [0.1, 0.15) is 6.92 Å². The fraction of sp³-hybridized carbons (Fsp3) is 1.00. The van der Waals surface area contributed by atoms with Gasteiger partial charge in [-0.1, -0.05) is 28.5 Å². The molecule has 0 bridgehead atoms. The van der Waals surface area contributed by atoms with Gasteiger partial charge in [-0.15, -0.1) is 0 Å². The zero-order valence-corrected chi connectivity index (χ0v) is 6.98. The Labute approximate surface area is 59.0 Å². The molecule has 0 heterocycles. The van der Waals surface area contributed by atoms with Gasteiger partial charge in [0.15, 0.2) is 0 Å². The average molecular weight is 152 g/mol. The standard InChI is InChI=1S/C5H12OS2/c1-3-7-8-5-4-6-2/h3-5H2,1-2H3. The highest BCUT2D eigenvalue weighted by Gasteiger charge is 1.83. The first kappa shape index (κ1) is 8.66. The molecule has 0 saturated carbocycles. The second kappa shape index (κ2) is 7.66. The van der Waals surface area contributed by atoms with Crippen LogP contribution in [0.25, 0.3) is 0 Å². The first-order valence-electron chi connectivity index (χ1n) is 2.65. The van der Waals surface area contributed by atoms with Gasteiger partial charge in [0.2, 0.25) is 0 Å². The third-order valence-electron chi connectivity index (χ3n) is 0.572. The molecule has 0 aliphatic heterocycles. The topological polar surface area (TPSA) is 9.23 Å². The van der Waals surface area contributed by atoms with E-state index in [1.807, 2.05) is 21.6 Å². The predicted octanol–water partition coefficient (Wildman–Crippen LogP) is 2.03. The molecule has 0 aromatic rings. The van der Waals surface area contributed by atoms with Crippen LogP contribution in [-0.4, -0.2) is 25.2 Å². The molecule has 0 unspecified atom stereocenters. The van der Waals surface area contributed by atoms with Gasteiger partial charge in [0.1, 0.15) is 0 Å². The van der Waals surface area contributed by atoms with Gasteiger partial charge in [-0.05, 0) is 0 Å². The van der Waals surface area contributed by atoms with Crippen molar-refractivity contribution in [1.29, 1.82) is 0 Å². The Morgan fingerprint density at radius 3 is 2.62 bits per heavy atom. The SMILES string of the molecule is CCSSCCOC. The van der Waals surface area contributed by atoms with Crippen LogP contribution >= 0.6 is 21.6 Å². The van der Waals surface area contributed by atoms with Crippen LogP contribution in [0.3, 0.4) is 0 Å². The van der Waals surface area contributed by atoms with Gasteiger partial charge in [0.25, 0.3) is 0 Å². The number of rotatable bonds is 5. The Bertz CT molecular complexity index is 35.4. The molecule has 0 saturated heterocycles. The summed E-state index contributed by atoms with van der Waals surface area (Å²) in [5, 5.41) is 0. The fourth-order valence-corrected chi connectivity index (χ4v) is 1.84. The minimum atomic E-state index is 0.873. The molecular weight excluding hydrogens is 140 g/mol. The maximum Gasteiger partial charge on any atom is 0.0561 e. The largest absolute Gasteiger partial charge is 0.384 e. The zero-order chi connectivity index (χ0) is 6.24. The molecule has 0 aliphatic rings. The number of hydrogen-bond donors (Lipinski definition) is 0. The Hall–Kier alpha value is 0.660. The van der Waals surface area contributed by atoms with Crippen molar-refractivity contribution in [1.82, 2.24) is 0 Å². The summed E-state index contributed by atoms with van der Waals surface area (Å²) in [6.07, 6.45) is 0. The van der Waals surface area contributed by atoms with E-state index in [1.54, 1.807) is 7.11 Å². The summed E-state index contributed by atoms with van der Waals surface area (Å²) in [6, 6.07) is 0. The van der Waals surface area contributed by atoms with E-state index in [9.17, 15) is 0 Å². The molecule has 1 nitrogen and oxygen atoms in total. The van der Waals surface area contributed by atoms with Crippen LogP contribution in [0, 0.1) is 0 Å². The second-order valence-electron chi connectivity index (χ2n) is 1.22. The lowest BCUT2D eigenvalue weighted by Gasteiger charge is -1.94. The summed E-state index contributed by atoms with van der Waals surface area (Å²) < 4.78 is 4.85. The molecule has 0 aromatic heterocycles. The Morgan fingerprint density at radius 2 is 2.12 bits per heavy atom. The van der Waals surface area contributed by atoms with Gasteiger partial charge in [-0.3, -0.25) is 0 Å². The highest BCUT2D eigenvalue weighted by Crippen LogP contribution is 2.19. The molecule has 0 rings (SSSR count). The number of hydrogen-bond acceptors (Lipinski definition) is 3. The van der Waals surface area contributed by atoms with Crippen molar-refractivity contribution in [2.45, 2.75) is 6.92 Å². The van der Waals surface area contributed by atoms with E-state index in [0.717, 1.165) is 12.4 Å². The highest BCUT2D eigenvalue weighted by molar-refractivity contribution is 8.76. The van der Waals surface area contributed by atoms with E-state index < -0.39 is 0 Å². The lowest BCUT2D eigenvalue weighted by molar-refractivity contribution is 0.219. The quantitative estimate of drug-likeness (QED) is 0.441. The van der Waals surface area contributed by atoms with Crippen LogP contribution in [0.2, 0.25) is 0 Å². The minimum Gasteiger partial charge on any atom is -0.384 e. The molecule has 8 heavy (non-hydrogen) atoms. The summed E-state index contributed by atoms with van der Waals surface area (Å²) in [6.45, 7) is 3.03. The van der Waals surface area contributed by atoms with E-state index in [4.69, 9.17) is 4.74 Å². The van der Waals surface area contributed by atoms with Gasteiger partial charge in [0, 0.05) is 18.6 Å². The first-order valence-corrected chi connectivity index (χ1v) is 5.14. The minimum absolute atomic E-state index is 0.873. The van der Waals surface area contributed by atoms with E-state index in [-0.39, 0.29) is 0 Å². The molecule has 0 spiro atoms. The second-order valence-corrected chi connectivity index (χ2v) is 4.09. The molecule has 0 radical (unpaired) electrons. The molecule has 0 N–H and O–H groups in total. The van der Waals surface area contributed by atoms with Crippen molar-refractivity contribution >= 4 is 21.6 Å². The predicted molar refractivity (Wildman–Crippen MR) is 42.5 cm³/mol. The molecule has 3 heteroatoms. The van der Waals surface area contributed by atoms with Crippen LogP contribution in [-0.2, 0) is 4.74 Å². The Balaban J connectivity index is 2.53. The van der Waals surface area contributed by atoms with E-state index in [2.05, 4.69) is 6.92 Å². The highest BCUT2D eigenvalue weighted by atomic mass is 33.1. The van der Waals surface area contributed by atoms with Gasteiger partial charge in [-0.25, -0.2) is 0 Å². The van der Waals surface area contributed by atoms with Crippen LogP contribution in [0.4, 0.5) is 0 Å². The summed E-state index contributed by atoms with van der Waals surface area (Å²) in [4.78, 5) is 0. The van der Waals surface area contributed by atoms with E-state index in [0.29, 0.717) is 0 Å². The molecular formula is C5H12OS2. The number of methoxy groups -OCH3 is 1. The van der Waals surface area contributed by atoms with Crippen molar-refractivity contribution in [2.75, 3.05) is 25.2 Å². The van der Waals surface area contributed by atoms with Gasteiger partial charge in [0.05, 0.1) is 6.61 Å². The maximum absolute atomic E-state index is 4.85. The first-order chi connectivity index (χ1) is 3.91. The molecule has 0 aromatic carbocycles. The summed E-state index contributed by atoms with van der Waals surface area (Å²) in [7, 11) is 5.49. The molecule has 50 valence electrons. The summed E-state index contributed by atoms with van der Waals surface area (Å²) >= 11 is 0. The van der Waals surface area contributed by atoms with Gasteiger partial charge in [-0.2, -0.15) is 0 Å². The van der Waals surface area contributed by atoms with Crippen molar-refractivity contribution in [3.05, 3.63) is 0 Å². The number of ether oxygens (including phenoxy) is 1. The Morgan fingerprint density at radius 1 is 1.38 bits per heavy atom. The van der Waals surface area contributed by atoms with Gasteiger partial charge < -0.3 is 4.74 Å². The van der Waals surface area contributed by atoms with Crippen LogP contribution < -0.4 is 0 Å². The van der Waals surface area contributed by atoms with Crippen molar-refractivity contribution < 1.29 is 4.74 Å². The maximum atomic E-state index is 4.85. The fourth-order valence-electron chi connectivity index (χ4n) is 0.260. The van der Waals surface area contributed by atoms with Crippen molar-refractivity contribution in [3.8, 4) is 0 Å². The smallest absolute Gasteiger partial charge is 0.0561 e. The Kier molecular flexibility index (Phi) is 8.29. The lowest BCUT2D eigenvalue weighted by Crippen LogP contribution is -1.88. The van der Waals surface area contributed by atoms with E-state index >= 15 is 0 Å². The van der Waals surface area contributed by atoms with Crippen molar-refractivity contribution in [3.63, 3.8) is 0 Å². The van der Waals surface area contributed by atoms with E-state index in [1.165, 1.54) is 5.75 Å².